The largest absolute Gasteiger partial charge is 0.383 e. The van der Waals surface area contributed by atoms with Gasteiger partial charge in [-0.2, -0.15) is 0 Å². The van der Waals surface area contributed by atoms with Crippen molar-refractivity contribution in [3.63, 3.8) is 0 Å². The van der Waals surface area contributed by atoms with Crippen molar-refractivity contribution >= 4 is 5.84 Å². The molecule has 0 bridgehead atoms. The zero-order chi connectivity index (χ0) is 25.8. The summed E-state index contributed by atoms with van der Waals surface area (Å²) in [5.74, 6) is 2.14. The molecular weight excluding hydrogens is 424 g/mol. The Balaban J connectivity index is 1.93. The molecule has 2 unspecified atom stereocenters. The second kappa shape index (κ2) is 14.9. The molecule has 2 nitrogen and oxygen atoms in total. The lowest BCUT2D eigenvalue weighted by molar-refractivity contribution is 0.382. The van der Waals surface area contributed by atoms with Gasteiger partial charge < -0.3 is 5.73 Å². The Morgan fingerprint density at radius 3 is 2.29 bits per heavy atom. The Kier molecular flexibility index (Phi) is 12.3. The van der Waals surface area contributed by atoms with Crippen LogP contribution in [0.1, 0.15) is 106 Å². The van der Waals surface area contributed by atoms with Gasteiger partial charge in [0.25, 0.3) is 0 Å². The molecule has 0 aromatic heterocycles. The summed E-state index contributed by atoms with van der Waals surface area (Å²) in [6, 6.07) is 13.2. The lowest BCUT2D eigenvalue weighted by Gasteiger charge is -2.20. The highest BCUT2D eigenvalue weighted by Gasteiger charge is 2.13. The van der Waals surface area contributed by atoms with E-state index in [9.17, 15) is 0 Å². The summed E-state index contributed by atoms with van der Waals surface area (Å²) < 4.78 is 0. The van der Waals surface area contributed by atoms with Crippen LogP contribution in [0.5, 0.6) is 0 Å². The number of allylic oxidation sites excluding steroid dienone is 1. The molecule has 0 heterocycles. The van der Waals surface area contributed by atoms with E-state index in [4.69, 9.17) is 10.7 Å². The Hall–Kier alpha value is -2.35. The van der Waals surface area contributed by atoms with Gasteiger partial charge >= 0.3 is 0 Å². The van der Waals surface area contributed by atoms with Crippen LogP contribution in [0.2, 0.25) is 0 Å². The van der Waals surface area contributed by atoms with E-state index < -0.39 is 0 Å². The van der Waals surface area contributed by atoms with Gasteiger partial charge in [-0.1, -0.05) is 106 Å². The number of amidine groups is 1. The molecule has 0 aliphatic heterocycles. The average Bonchev–Trinajstić information content (AvgIpc) is 2.82. The van der Waals surface area contributed by atoms with E-state index in [2.05, 4.69) is 84.5 Å². The first-order valence-electron chi connectivity index (χ1n) is 13.9. The molecule has 0 radical (unpaired) electrons. The molecule has 0 aliphatic carbocycles. The van der Waals surface area contributed by atoms with Crippen molar-refractivity contribution < 1.29 is 0 Å². The monoisotopic (exact) mass is 474 g/mol. The third kappa shape index (κ3) is 9.67. The fourth-order valence-electron chi connectivity index (χ4n) is 5.12. The highest BCUT2D eigenvalue weighted by atomic mass is 14.8. The van der Waals surface area contributed by atoms with Gasteiger partial charge in [0.1, 0.15) is 5.84 Å². The van der Waals surface area contributed by atoms with Gasteiger partial charge in [-0.05, 0) is 81.0 Å². The molecule has 0 saturated heterocycles. The van der Waals surface area contributed by atoms with E-state index in [-0.39, 0.29) is 0 Å². The highest BCUT2D eigenvalue weighted by molar-refractivity contribution is 5.98. The van der Waals surface area contributed by atoms with Crippen LogP contribution in [0.15, 0.2) is 53.5 Å². The minimum absolute atomic E-state index is 0.614. The molecule has 2 heteroatoms. The van der Waals surface area contributed by atoms with Crippen molar-refractivity contribution in [3.8, 4) is 0 Å². The van der Waals surface area contributed by atoms with E-state index in [1.807, 2.05) is 0 Å². The summed E-state index contributed by atoms with van der Waals surface area (Å²) >= 11 is 0. The first-order valence-corrected chi connectivity index (χ1v) is 13.9. The fraction of sp³-hybridized carbons (Fsp3) is 0.545. The van der Waals surface area contributed by atoms with Crippen LogP contribution < -0.4 is 5.73 Å². The van der Waals surface area contributed by atoms with Crippen LogP contribution in [0.4, 0.5) is 0 Å². The van der Waals surface area contributed by atoms with E-state index in [1.165, 1.54) is 84.8 Å². The SMILES string of the molecule is C=C(C)C(CCCC(CC)CCCC)CCc1ccc(C(N)=NCc2ccc(C)cc2C)c(C)c1. The zero-order valence-electron chi connectivity index (χ0n) is 23.4. The average molecular weight is 475 g/mol. The van der Waals surface area contributed by atoms with Crippen LogP contribution in [-0.2, 0) is 13.0 Å². The number of hydrogen-bond acceptors (Lipinski definition) is 1. The normalized spacial score (nSPS) is 13.6. The molecule has 2 aromatic carbocycles. The van der Waals surface area contributed by atoms with Gasteiger partial charge in [0.2, 0.25) is 0 Å². The second-order valence-electron chi connectivity index (χ2n) is 10.7. The summed E-state index contributed by atoms with van der Waals surface area (Å²) in [7, 11) is 0. The summed E-state index contributed by atoms with van der Waals surface area (Å²) in [6.45, 7) is 18.2. The van der Waals surface area contributed by atoms with Gasteiger partial charge in [0.15, 0.2) is 0 Å². The quantitative estimate of drug-likeness (QED) is 0.156. The molecule has 0 amide bonds. The highest BCUT2D eigenvalue weighted by Crippen LogP contribution is 2.27. The van der Waals surface area contributed by atoms with Crippen LogP contribution in [0, 0.1) is 32.6 Å². The topological polar surface area (TPSA) is 38.4 Å². The van der Waals surface area contributed by atoms with Crippen LogP contribution in [-0.4, -0.2) is 5.84 Å². The van der Waals surface area contributed by atoms with E-state index >= 15 is 0 Å². The molecule has 2 rings (SSSR count). The van der Waals surface area contributed by atoms with Crippen LogP contribution in [0.3, 0.4) is 0 Å². The molecule has 192 valence electrons. The van der Waals surface area contributed by atoms with Crippen molar-refractivity contribution in [2.45, 2.75) is 106 Å². The number of nitrogens with two attached hydrogens (primary N) is 1. The molecular formula is C33H50N2. The van der Waals surface area contributed by atoms with Crippen molar-refractivity contribution in [3.05, 3.63) is 81.9 Å². The predicted molar refractivity (Wildman–Crippen MR) is 155 cm³/mol. The number of aryl methyl sites for hydroxylation is 4. The van der Waals surface area contributed by atoms with Crippen molar-refractivity contribution in [1.29, 1.82) is 0 Å². The Labute approximate surface area is 216 Å². The lowest BCUT2D eigenvalue weighted by Crippen LogP contribution is -2.15. The summed E-state index contributed by atoms with van der Waals surface area (Å²) in [5.41, 5.74) is 15.1. The number of rotatable bonds is 15. The molecule has 0 fully saturated rings. The number of nitrogens with zero attached hydrogens (tertiary/aromatic N) is 1. The molecule has 0 spiro atoms. The molecule has 0 aliphatic rings. The van der Waals surface area contributed by atoms with Gasteiger partial charge in [-0.25, -0.2) is 0 Å². The smallest absolute Gasteiger partial charge is 0.126 e. The maximum Gasteiger partial charge on any atom is 0.126 e. The third-order valence-corrected chi connectivity index (χ3v) is 7.67. The first-order chi connectivity index (χ1) is 16.7. The maximum absolute atomic E-state index is 6.40. The van der Waals surface area contributed by atoms with E-state index in [0.29, 0.717) is 18.3 Å². The lowest BCUT2D eigenvalue weighted by atomic mass is 9.86. The number of aliphatic imine (C=N–C) groups is 1. The standard InChI is InChI=1S/C33H50N2/c1-8-10-12-28(9-2)13-11-14-30(24(3)4)19-16-29-17-20-32(27(7)22-29)33(34)35-23-31-18-15-25(5)21-26(31)6/h15,17-18,20-22,28,30H,3,8-14,16,19,23H2,1-2,4-7H3,(H2,34,35). The summed E-state index contributed by atoms with van der Waals surface area (Å²) in [4.78, 5) is 4.70. The summed E-state index contributed by atoms with van der Waals surface area (Å²) in [6.07, 6.45) is 11.6. The van der Waals surface area contributed by atoms with Crippen LogP contribution in [0.25, 0.3) is 0 Å². The molecule has 2 atom stereocenters. The Morgan fingerprint density at radius 1 is 0.914 bits per heavy atom. The van der Waals surface area contributed by atoms with Gasteiger partial charge in [0.05, 0.1) is 6.54 Å². The maximum atomic E-state index is 6.40. The third-order valence-electron chi connectivity index (χ3n) is 7.67. The molecule has 35 heavy (non-hydrogen) atoms. The predicted octanol–water partition coefficient (Wildman–Crippen LogP) is 9.03. The van der Waals surface area contributed by atoms with E-state index in [1.54, 1.807) is 0 Å². The fourth-order valence-corrected chi connectivity index (χ4v) is 5.12. The van der Waals surface area contributed by atoms with E-state index in [0.717, 1.165) is 17.9 Å². The van der Waals surface area contributed by atoms with Crippen molar-refractivity contribution in [2.24, 2.45) is 22.6 Å². The molecule has 0 saturated carbocycles. The molecule has 2 aromatic rings. The minimum Gasteiger partial charge on any atom is -0.383 e. The zero-order valence-corrected chi connectivity index (χ0v) is 23.4. The second-order valence-corrected chi connectivity index (χ2v) is 10.7. The minimum atomic E-state index is 0.614. The number of hydrogen-bond donors (Lipinski definition) is 1. The van der Waals surface area contributed by atoms with Crippen LogP contribution >= 0.6 is 0 Å². The molecule has 2 N–H and O–H groups in total. The first kappa shape index (κ1) is 28.9. The van der Waals surface area contributed by atoms with Gasteiger partial charge in [-0.15, -0.1) is 0 Å². The number of unbranched alkanes of at least 4 members (excludes halogenated alkanes) is 1. The summed E-state index contributed by atoms with van der Waals surface area (Å²) in [5, 5.41) is 0. The van der Waals surface area contributed by atoms with Gasteiger partial charge in [-0.3, -0.25) is 4.99 Å². The van der Waals surface area contributed by atoms with Crippen molar-refractivity contribution in [1.82, 2.24) is 0 Å². The Bertz CT molecular complexity index is 969. The van der Waals surface area contributed by atoms with Gasteiger partial charge in [0, 0.05) is 5.56 Å². The number of benzene rings is 2. The Morgan fingerprint density at radius 2 is 1.66 bits per heavy atom. The van der Waals surface area contributed by atoms with Crippen molar-refractivity contribution in [2.75, 3.05) is 0 Å².